The van der Waals surface area contributed by atoms with E-state index in [9.17, 15) is 4.39 Å². The average molecular weight is 280 g/mol. The lowest BCUT2D eigenvalue weighted by molar-refractivity contribution is 0.628. The SMILES string of the molecule is Fc1cccc(-c2cc3cc(Cl)c(Cl)cc3[nH]2)c1. The molecule has 0 aliphatic carbocycles. The van der Waals surface area contributed by atoms with Gasteiger partial charge in [0.15, 0.2) is 0 Å². The molecule has 1 aromatic heterocycles. The molecular formula is C14H8Cl2FN. The monoisotopic (exact) mass is 279 g/mol. The lowest BCUT2D eigenvalue weighted by atomic mass is 10.1. The average Bonchev–Trinajstić information content (AvgIpc) is 2.73. The van der Waals surface area contributed by atoms with Gasteiger partial charge in [-0.3, -0.25) is 0 Å². The summed E-state index contributed by atoms with van der Waals surface area (Å²) in [7, 11) is 0. The van der Waals surface area contributed by atoms with Crippen LogP contribution in [0.1, 0.15) is 0 Å². The first-order valence-electron chi connectivity index (χ1n) is 5.37. The number of aromatic nitrogens is 1. The highest BCUT2D eigenvalue weighted by Gasteiger charge is 2.07. The van der Waals surface area contributed by atoms with Gasteiger partial charge in [0, 0.05) is 22.2 Å². The van der Waals surface area contributed by atoms with E-state index in [0.29, 0.717) is 10.0 Å². The molecule has 0 bridgehead atoms. The molecule has 0 radical (unpaired) electrons. The van der Waals surface area contributed by atoms with Crippen molar-refractivity contribution in [3.05, 3.63) is 58.3 Å². The number of aromatic amines is 1. The molecule has 2 aromatic carbocycles. The molecule has 4 heteroatoms. The first kappa shape index (κ1) is 11.6. The second kappa shape index (κ2) is 4.30. The Morgan fingerprint density at radius 1 is 0.944 bits per heavy atom. The number of H-pyrrole nitrogens is 1. The number of halogens is 3. The van der Waals surface area contributed by atoms with Gasteiger partial charge >= 0.3 is 0 Å². The van der Waals surface area contributed by atoms with Crippen LogP contribution < -0.4 is 0 Å². The van der Waals surface area contributed by atoms with Crippen LogP contribution >= 0.6 is 23.2 Å². The molecule has 1 heterocycles. The van der Waals surface area contributed by atoms with Gasteiger partial charge < -0.3 is 4.98 Å². The minimum atomic E-state index is -0.262. The van der Waals surface area contributed by atoms with Gasteiger partial charge in [0.05, 0.1) is 10.0 Å². The van der Waals surface area contributed by atoms with Gasteiger partial charge in [-0.1, -0.05) is 35.3 Å². The molecule has 0 aliphatic rings. The van der Waals surface area contributed by atoms with Gasteiger partial charge in [-0.15, -0.1) is 0 Å². The smallest absolute Gasteiger partial charge is 0.123 e. The number of rotatable bonds is 1. The van der Waals surface area contributed by atoms with E-state index >= 15 is 0 Å². The third kappa shape index (κ3) is 1.98. The normalized spacial score (nSPS) is 11.1. The minimum Gasteiger partial charge on any atom is -0.354 e. The zero-order valence-corrected chi connectivity index (χ0v) is 10.7. The summed E-state index contributed by atoms with van der Waals surface area (Å²) in [4.78, 5) is 3.20. The van der Waals surface area contributed by atoms with E-state index in [2.05, 4.69) is 4.98 Å². The summed E-state index contributed by atoms with van der Waals surface area (Å²) >= 11 is 11.9. The van der Waals surface area contributed by atoms with E-state index in [1.165, 1.54) is 12.1 Å². The fourth-order valence-electron chi connectivity index (χ4n) is 1.94. The quantitative estimate of drug-likeness (QED) is 0.624. The van der Waals surface area contributed by atoms with Crippen molar-refractivity contribution in [1.82, 2.24) is 4.98 Å². The highest BCUT2D eigenvalue weighted by molar-refractivity contribution is 6.42. The van der Waals surface area contributed by atoms with E-state index in [0.717, 1.165) is 22.2 Å². The summed E-state index contributed by atoms with van der Waals surface area (Å²) in [6.07, 6.45) is 0. The fourth-order valence-corrected chi connectivity index (χ4v) is 2.27. The van der Waals surface area contributed by atoms with Crippen LogP contribution in [0.2, 0.25) is 10.0 Å². The van der Waals surface area contributed by atoms with Crippen LogP contribution in [-0.4, -0.2) is 4.98 Å². The number of hydrogen-bond donors (Lipinski definition) is 1. The minimum absolute atomic E-state index is 0.262. The fraction of sp³-hybridized carbons (Fsp3) is 0. The second-order valence-corrected chi connectivity index (χ2v) is 4.86. The van der Waals surface area contributed by atoms with E-state index < -0.39 is 0 Å². The molecule has 0 aliphatic heterocycles. The molecule has 0 saturated carbocycles. The number of nitrogens with one attached hydrogen (secondary N) is 1. The molecule has 90 valence electrons. The highest BCUT2D eigenvalue weighted by atomic mass is 35.5. The van der Waals surface area contributed by atoms with Gasteiger partial charge in [-0.25, -0.2) is 4.39 Å². The molecule has 0 unspecified atom stereocenters. The summed E-state index contributed by atoms with van der Waals surface area (Å²) in [6.45, 7) is 0. The van der Waals surface area contributed by atoms with Crippen LogP contribution in [0.25, 0.3) is 22.2 Å². The van der Waals surface area contributed by atoms with Crippen molar-refractivity contribution >= 4 is 34.1 Å². The summed E-state index contributed by atoms with van der Waals surface area (Å²) in [5, 5.41) is 1.95. The molecule has 0 fully saturated rings. The first-order chi connectivity index (χ1) is 8.63. The molecule has 18 heavy (non-hydrogen) atoms. The Morgan fingerprint density at radius 2 is 1.72 bits per heavy atom. The maximum Gasteiger partial charge on any atom is 0.123 e. The van der Waals surface area contributed by atoms with Crippen molar-refractivity contribution in [1.29, 1.82) is 0 Å². The standard InChI is InChI=1S/C14H8Cl2FN/c15-11-5-9-6-13(18-14(9)7-12(11)16)8-2-1-3-10(17)4-8/h1-7,18H. The summed E-state index contributed by atoms with van der Waals surface area (Å²) in [6, 6.07) is 11.9. The van der Waals surface area contributed by atoms with Crippen LogP contribution in [-0.2, 0) is 0 Å². The Kier molecular flexibility index (Phi) is 2.77. The predicted molar refractivity (Wildman–Crippen MR) is 73.7 cm³/mol. The molecule has 3 rings (SSSR count). The van der Waals surface area contributed by atoms with Gasteiger partial charge in [-0.2, -0.15) is 0 Å². The maximum atomic E-state index is 13.2. The van der Waals surface area contributed by atoms with Crippen molar-refractivity contribution < 1.29 is 4.39 Å². The third-order valence-electron chi connectivity index (χ3n) is 2.80. The molecule has 3 aromatic rings. The Balaban J connectivity index is 2.19. The molecule has 0 saturated heterocycles. The van der Waals surface area contributed by atoms with E-state index in [1.807, 2.05) is 12.1 Å². The van der Waals surface area contributed by atoms with Gasteiger partial charge in [-0.05, 0) is 30.3 Å². The zero-order valence-electron chi connectivity index (χ0n) is 9.18. The Hall–Kier alpha value is -1.51. The zero-order chi connectivity index (χ0) is 12.7. The van der Waals surface area contributed by atoms with E-state index in [1.54, 1.807) is 18.2 Å². The maximum absolute atomic E-state index is 13.2. The molecule has 1 nitrogen and oxygen atoms in total. The largest absolute Gasteiger partial charge is 0.354 e. The first-order valence-corrected chi connectivity index (χ1v) is 6.13. The number of fused-ring (bicyclic) bond motifs is 1. The van der Waals surface area contributed by atoms with Crippen LogP contribution in [0.3, 0.4) is 0 Å². The van der Waals surface area contributed by atoms with Crippen molar-refractivity contribution in [3.8, 4) is 11.3 Å². The van der Waals surface area contributed by atoms with Gasteiger partial charge in [0.1, 0.15) is 5.82 Å². The summed E-state index contributed by atoms with van der Waals surface area (Å²) in [5.41, 5.74) is 2.50. The van der Waals surface area contributed by atoms with Crippen molar-refractivity contribution in [2.24, 2.45) is 0 Å². The summed E-state index contributed by atoms with van der Waals surface area (Å²) < 4.78 is 13.2. The number of benzene rings is 2. The van der Waals surface area contributed by atoms with E-state index in [4.69, 9.17) is 23.2 Å². The van der Waals surface area contributed by atoms with E-state index in [-0.39, 0.29) is 5.82 Å². The molecule has 1 N–H and O–H groups in total. The summed E-state index contributed by atoms with van der Waals surface area (Å²) in [5.74, 6) is -0.262. The van der Waals surface area contributed by atoms with Crippen LogP contribution in [0.15, 0.2) is 42.5 Å². The predicted octanol–water partition coefficient (Wildman–Crippen LogP) is 5.28. The lowest BCUT2D eigenvalue weighted by Gasteiger charge is -1.97. The Bertz CT molecular complexity index is 695. The molecule has 0 atom stereocenters. The lowest BCUT2D eigenvalue weighted by Crippen LogP contribution is -1.78. The van der Waals surface area contributed by atoms with Gasteiger partial charge in [0.25, 0.3) is 0 Å². The third-order valence-corrected chi connectivity index (χ3v) is 3.52. The molecule has 0 spiro atoms. The van der Waals surface area contributed by atoms with Crippen molar-refractivity contribution in [3.63, 3.8) is 0 Å². The Labute approximate surface area is 113 Å². The van der Waals surface area contributed by atoms with Crippen molar-refractivity contribution in [2.75, 3.05) is 0 Å². The highest BCUT2D eigenvalue weighted by Crippen LogP contribution is 2.31. The van der Waals surface area contributed by atoms with Crippen LogP contribution in [0.4, 0.5) is 4.39 Å². The molecule has 0 amide bonds. The second-order valence-electron chi connectivity index (χ2n) is 4.05. The van der Waals surface area contributed by atoms with Crippen LogP contribution in [0.5, 0.6) is 0 Å². The van der Waals surface area contributed by atoms with Crippen LogP contribution in [0, 0.1) is 5.82 Å². The topological polar surface area (TPSA) is 15.8 Å². The molecular weight excluding hydrogens is 272 g/mol. The Morgan fingerprint density at radius 3 is 2.50 bits per heavy atom. The van der Waals surface area contributed by atoms with Gasteiger partial charge in [0.2, 0.25) is 0 Å². The number of hydrogen-bond acceptors (Lipinski definition) is 0. The van der Waals surface area contributed by atoms with Crippen molar-refractivity contribution in [2.45, 2.75) is 0 Å².